The van der Waals surface area contributed by atoms with Gasteiger partial charge in [0.2, 0.25) is 0 Å². The summed E-state index contributed by atoms with van der Waals surface area (Å²) < 4.78 is 25.8. The van der Waals surface area contributed by atoms with Gasteiger partial charge in [0.25, 0.3) is 0 Å². The fourth-order valence-corrected chi connectivity index (χ4v) is 5.04. The Kier molecular flexibility index (Phi) is 7.48. The molecular formula is C29H28BrFN2O4. The molecule has 0 spiro atoms. The summed E-state index contributed by atoms with van der Waals surface area (Å²) in [5, 5.41) is 10.3. The highest BCUT2D eigenvalue weighted by molar-refractivity contribution is 9.10. The van der Waals surface area contributed by atoms with Gasteiger partial charge < -0.3 is 19.6 Å². The fraction of sp³-hybridized carbons (Fsp3) is 0.276. The summed E-state index contributed by atoms with van der Waals surface area (Å²) in [6.07, 6.45) is 0.934. The molecule has 1 aliphatic rings. The molecule has 0 saturated carbocycles. The second-order valence-corrected chi connectivity index (χ2v) is 10.3. The standard InChI is InChI=1S/C29H28BrFN2O4/c1-18(17-34)13-15-36-22-7-2-19(3-8-22)28-27-24(25-16-20(30)4-11-26(25)32-27)12-14-33(28)29(35)37-23-9-5-21(31)6-10-23/h2-11,16,18,28,32,34H,12-15,17H2,1H3/t18-,28?/m0/s1. The van der Waals surface area contributed by atoms with E-state index in [1.807, 2.05) is 43.3 Å². The number of halogens is 2. The molecule has 2 N–H and O–H groups in total. The minimum absolute atomic E-state index is 0.136. The van der Waals surface area contributed by atoms with Crippen molar-refractivity contribution in [2.24, 2.45) is 5.92 Å². The van der Waals surface area contributed by atoms with Crippen LogP contribution >= 0.6 is 15.9 Å². The Morgan fingerprint density at radius 3 is 2.59 bits per heavy atom. The second kappa shape index (κ2) is 10.9. The van der Waals surface area contributed by atoms with Gasteiger partial charge in [0, 0.05) is 34.2 Å². The Balaban J connectivity index is 1.46. The number of fused-ring (bicyclic) bond motifs is 3. The number of ether oxygens (including phenoxy) is 2. The van der Waals surface area contributed by atoms with Crippen LogP contribution in [-0.4, -0.2) is 40.8 Å². The molecule has 1 aliphatic heterocycles. The molecule has 192 valence electrons. The van der Waals surface area contributed by atoms with Crippen LogP contribution in [0.25, 0.3) is 10.9 Å². The molecule has 0 fully saturated rings. The van der Waals surface area contributed by atoms with E-state index in [0.29, 0.717) is 19.6 Å². The molecule has 1 amide bonds. The molecule has 3 aromatic carbocycles. The molecule has 0 bridgehead atoms. The van der Waals surface area contributed by atoms with Crippen LogP contribution in [0.2, 0.25) is 0 Å². The predicted molar refractivity (Wildman–Crippen MR) is 143 cm³/mol. The summed E-state index contributed by atoms with van der Waals surface area (Å²) in [4.78, 5) is 18.6. The summed E-state index contributed by atoms with van der Waals surface area (Å²) in [6.45, 7) is 3.10. The van der Waals surface area contributed by atoms with Crippen molar-refractivity contribution in [3.8, 4) is 11.5 Å². The van der Waals surface area contributed by atoms with Gasteiger partial charge in [-0.15, -0.1) is 0 Å². The maximum Gasteiger partial charge on any atom is 0.416 e. The molecule has 2 atom stereocenters. The SMILES string of the molecule is C[C@H](CO)CCOc1ccc(C2c3[nH]c4ccc(Br)cc4c3CCN2C(=O)Oc2ccc(F)cc2)cc1. The highest BCUT2D eigenvalue weighted by Gasteiger charge is 2.35. The van der Waals surface area contributed by atoms with E-state index in [2.05, 4.69) is 27.0 Å². The lowest BCUT2D eigenvalue weighted by Gasteiger charge is -2.35. The van der Waals surface area contributed by atoms with Gasteiger partial charge in [-0.3, -0.25) is 4.90 Å². The molecule has 37 heavy (non-hydrogen) atoms. The van der Waals surface area contributed by atoms with Crippen LogP contribution < -0.4 is 9.47 Å². The molecule has 1 aromatic heterocycles. The number of amides is 1. The van der Waals surface area contributed by atoms with E-state index in [0.717, 1.165) is 38.8 Å². The van der Waals surface area contributed by atoms with E-state index in [1.165, 1.54) is 29.8 Å². The first-order valence-electron chi connectivity index (χ1n) is 12.3. The van der Waals surface area contributed by atoms with Gasteiger partial charge in [0.05, 0.1) is 6.61 Å². The van der Waals surface area contributed by atoms with E-state index >= 15 is 0 Å². The van der Waals surface area contributed by atoms with Crippen LogP contribution in [0.15, 0.2) is 71.2 Å². The van der Waals surface area contributed by atoms with E-state index in [1.54, 1.807) is 4.90 Å². The lowest BCUT2D eigenvalue weighted by Crippen LogP contribution is -2.42. The number of rotatable bonds is 7. The molecule has 0 saturated heterocycles. The van der Waals surface area contributed by atoms with Gasteiger partial charge in [-0.2, -0.15) is 0 Å². The van der Waals surface area contributed by atoms with Gasteiger partial charge in [0.15, 0.2) is 0 Å². The third-order valence-corrected chi connectivity index (χ3v) is 7.22. The maximum atomic E-state index is 13.4. The number of carbonyl (C=O) groups is 1. The molecule has 5 rings (SSSR count). The second-order valence-electron chi connectivity index (χ2n) is 9.37. The summed E-state index contributed by atoms with van der Waals surface area (Å²) in [7, 11) is 0. The largest absolute Gasteiger partial charge is 0.494 e. The van der Waals surface area contributed by atoms with E-state index in [4.69, 9.17) is 9.47 Å². The van der Waals surface area contributed by atoms with Gasteiger partial charge in [0.1, 0.15) is 23.4 Å². The third-order valence-electron chi connectivity index (χ3n) is 6.73. The van der Waals surface area contributed by atoms with Crippen molar-refractivity contribution in [1.29, 1.82) is 0 Å². The summed E-state index contributed by atoms with van der Waals surface area (Å²) in [6, 6.07) is 18.9. The number of aromatic nitrogens is 1. The van der Waals surface area contributed by atoms with Crippen molar-refractivity contribution in [2.75, 3.05) is 19.8 Å². The Bertz CT molecular complexity index is 1390. The molecule has 0 radical (unpaired) electrons. The highest BCUT2D eigenvalue weighted by atomic mass is 79.9. The average Bonchev–Trinajstić information content (AvgIpc) is 3.27. The van der Waals surface area contributed by atoms with Crippen LogP contribution in [0.1, 0.15) is 36.2 Å². The zero-order chi connectivity index (χ0) is 25.9. The topological polar surface area (TPSA) is 74.8 Å². The van der Waals surface area contributed by atoms with Crippen LogP contribution in [0.5, 0.6) is 11.5 Å². The van der Waals surface area contributed by atoms with E-state index < -0.39 is 18.0 Å². The smallest absolute Gasteiger partial charge is 0.416 e. The third kappa shape index (κ3) is 5.50. The number of benzene rings is 3. The first kappa shape index (κ1) is 25.3. The molecule has 8 heteroatoms. The van der Waals surface area contributed by atoms with Crippen molar-refractivity contribution in [3.05, 3.63) is 93.8 Å². The normalized spacial score (nSPS) is 15.9. The van der Waals surface area contributed by atoms with Crippen LogP contribution in [0, 0.1) is 11.7 Å². The highest BCUT2D eigenvalue weighted by Crippen LogP contribution is 2.40. The number of hydrogen-bond acceptors (Lipinski definition) is 4. The van der Waals surface area contributed by atoms with E-state index in [-0.39, 0.29) is 18.3 Å². The van der Waals surface area contributed by atoms with Crippen LogP contribution in [-0.2, 0) is 6.42 Å². The van der Waals surface area contributed by atoms with Crippen molar-refractivity contribution in [2.45, 2.75) is 25.8 Å². The Labute approximate surface area is 223 Å². The predicted octanol–water partition coefficient (Wildman–Crippen LogP) is 6.61. The molecule has 0 aliphatic carbocycles. The lowest BCUT2D eigenvalue weighted by atomic mass is 9.92. The van der Waals surface area contributed by atoms with Crippen molar-refractivity contribution >= 4 is 32.9 Å². The van der Waals surface area contributed by atoms with Crippen LogP contribution in [0.3, 0.4) is 0 Å². The first-order valence-corrected chi connectivity index (χ1v) is 13.1. The number of aromatic amines is 1. The lowest BCUT2D eigenvalue weighted by molar-refractivity contribution is 0.135. The number of aliphatic hydroxyl groups excluding tert-OH is 1. The first-order chi connectivity index (χ1) is 17.9. The molecular weight excluding hydrogens is 539 g/mol. The number of H-pyrrole nitrogens is 1. The zero-order valence-electron chi connectivity index (χ0n) is 20.4. The van der Waals surface area contributed by atoms with Gasteiger partial charge in [-0.1, -0.05) is 35.0 Å². The maximum absolute atomic E-state index is 13.4. The summed E-state index contributed by atoms with van der Waals surface area (Å²) in [5.74, 6) is 0.809. The molecule has 2 heterocycles. The fourth-order valence-electron chi connectivity index (χ4n) is 4.68. The monoisotopic (exact) mass is 566 g/mol. The Hall–Kier alpha value is -3.36. The van der Waals surface area contributed by atoms with Crippen molar-refractivity contribution < 1.29 is 23.8 Å². The number of carbonyl (C=O) groups excluding carboxylic acids is 1. The van der Waals surface area contributed by atoms with Gasteiger partial charge in [-0.05, 0) is 84.5 Å². The minimum Gasteiger partial charge on any atom is -0.494 e. The Morgan fingerprint density at radius 1 is 1.14 bits per heavy atom. The Morgan fingerprint density at radius 2 is 1.86 bits per heavy atom. The summed E-state index contributed by atoms with van der Waals surface area (Å²) in [5.41, 5.74) is 4.04. The van der Waals surface area contributed by atoms with Crippen molar-refractivity contribution in [1.82, 2.24) is 9.88 Å². The summed E-state index contributed by atoms with van der Waals surface area (Å²) >= 11 is 3.57. The van der Waals surface area contributed by atoms with Crippen molar-refractivity contribution in [3.63, 3.8) is 0 Å². The molecule has 6 nitrogen and oxygen atoms in total. The number of nitrogens with zero attached hydrogens (tertiary/aromatic N) is 1. The number of aliphatic hydroxyl groups is 1. The number of hydrogen-bond donors (Lipinski definition) is 2. The van der Waals surface area contributed by atoms with Crippen LogP contribution in [0.4, 0.5) is 9.18 Å². The minimum atomic E-state index is -0.500. The molecule has 1 unspecified atom stereocenters. The zero-order valence-corrected chi connectivity index (χ0v) is 22.0. The van der Waals surface area contributed by atoms with E-state index in [9.17, 15) is 14.3 Å². The van der Waals surface area contributed by atoms with Gasteiger partial charge >= 0.3 is 6.09 Å². The van der Waals surface area contributed by atoms with Gasteiger partial charge in [-0.25, -0.2) is 9.18 Å². The quantitative estimate of drug-likeness (QED) is 0.264. The molecule has 4 aromatic rings. The average molecular weight is 567 g/mol. The number of nitrogens with one attached hydrogen (secondary N) is 1.